The molecule has 2 aromatic rings. The van der Waals surface area contributed by atoms with Gasteiger partial charge in [-0.05, 0) is 31.2 Å². The fraction of sp³-hybridized carbons (Fsp3) is 0.538. The van der Waals surface area contributed by atoms with Crippen LogP contribution in [0.15, 0.2) is 18.6 Å². The lowest BCUT2D eigenvalue weighted by Crippen LogP contribution is -2.06. The Morgan fingerprint density at radius 3 is 2.84 bits per heavy atom. The second-order valence-electron chi connectivity index (χ2n) is 4.64. The Kier molecular flexibility index (Phi) is 4.74. The van der Waals surface area contributed by atoms with Crippen LogP contribution in [0, 0.1) is 5.92 Å². The van der Waals surface area contributed by atoms with Gasteiger partial charge in [-0.2, -0.15) is 0 Å². The van der Waals surface area contributed by atoms with Crippen molar-refractivity contribution in [2.24, 2.45) is 5.92 Å². The van der Waals surface area contributed by atoms with Crippen LogP contribution in [-0.4, -0.2) is 38.5 Å². The fourth-order valence-electron chi connectivity index (χ4n) is 2.70. The van der Waals surface area contributed by atoms with E-state index in [0.717, 1.165) is 37.4 Å². The lowest BCUT2D eigenvalue weighted by atomic mass is 10.1. The summed E-state index contributed by atoms with van der Waals surface area (Å²) in [6.45, 7) is 0.283. The molecule has 6 heteroatoms. The highest BCUT2D eigenvalue weighted by Gasteiger charge is 2.26. The third-order valence-electron chi connectivity index (χ3n) is 3.63. The minimum Gasteiger partial charge on any atom is -0.400 e. The highest BCUT2D eigenvalue weighted by atomic mass is 35.5. The van der Waals surface area contributed by atoms with Crippen LogP contribution in [0.4, 0.5) is 0 Å². The lowest BCUT2D eigenvalue weighted by molar-refractivity contribution is 0.226. The highest BCUT2D eigenvalue weighted by Crippen LogP contribution is 2.36. The zero-order valence-electron chi connectivity index (χ0n) is 10.8. The molecule has 1 saturated carbocycles. The predicted octanol–water partition coefficient (Wildman–Crippen LogP) is 2.03. The van der Waals surface area contributed by atoms with Crippen LogP contribution >= 0.6 is 11.6 Å². The number of fused-ring (bicyclic) bond motifs is 1. The van der Waals surface area contributed by atoms with Crippen molar-refractivity contribution in [2.75, 3.05) is 13.7 Å². The van der Waals surface area contributed by atoms with E-state index < -0.39 is 0 Å². The SMILES string of the molecule is CO.OCC1CCC(n2ccc3c(Cl)ncnc32)C1. The van der Waals surface area contributed by atoms with Crippen LogP contribution in [0.1, 0.15) is 25.3 Å². The van der Waals surface area contributed by atoms with Crippen LogP contribution < -0.4 is 0 Å². The number of rotatable bonds is 2. The van der Waals surface area contributed by atoms with E-state index in [1.165, 1.54) is 6.33 Å². The Morgan fingerprint density at radius 1 is 1.37 bits per heavy atom. The monoisotopic (exact) mass is 283 g/mol. The maximum atomic E-state index is 9.18. The molecule has 2 heterocycles. The van der Waals surface area contributed by atoms with Crippen molar-refractivity contribution in [3.63, 3.8) is 0 Å². The maximum Gasteiger partial charge on any atom is 0.145 e. The molecule has 0 saturated heterocycles. The van der Waals surface area contributed by atoms with E-state index in [9.17, 15) is 5.11 Å². The van der Waals surface area contributed by atoms with Gasteiger partial charge in [-0.25, -0.2) is 9.97 Å². The Bertz CT molecular complexity index is 544. The molecular weight excluding hydrogens is 266 g/mol. The number of nitrogens with zero attached hydrogens (tertiary/aromatic N) is 3. The number of aliphatic hydroxyl groups excluding tert-OH is 2. The van der Waals surface area contributed by atoms with Crippen LogP contribution in [0.25, 0.3) is 11.0 Å². The summed E-state index contributed by atoms with van der Waals surface area (Å²) in [6.07, 6.45) is 6.72. The molecule has 0 amide bonds. The van der Waals surface area contributed by atoms with Gasteiger partial charge in [-0.15, -0.1) is 0 Å². The van der Waals surface area contributed by atoms with Crippen molar-refractivity contribution < 1.29 is 10.2 Å². The molecule has 1 aliphatic carbocycles. The molecule has 0 aromatic carbocycles. The zero-order valence-corrected chi connectivity index (χ0v) is 11.6. The molecule has 2 atom stereocenters. The number of hydrogen-bond acceptors (Lipinski definition) is 4. The third kappa shape index (κ3) is 2.73. The molecule has 0 spiro atoms. The molecule has 5 nitrogen and oxygen atoms in total. The molecule has 0 radical (unpaired) electrons. The minimum absolute atomic E-state index is 0.283. The molecule has 19 heavy (non-hydrogen) atoms. The molecule has 3 rings (SSSR count). The first-order valence-corrected chi connectivity index (χ1v) is 6.70. The molecule has 2 unspecified atom stereocenters. The Labute approximate surface area is 116 Å². The van der Waals surface area contributed by atoms with Crippen molar-refractivity contribution in [1.82, 2.24) is 14.5 Å². The van der Waals surface area contributed by atoms with Crippen LogP contribution in [-0.2, 0) is 0 Å². The summed E-state index contributed by atoms with van der Waals surface area (Å²) < 4.78 is 2.17. The van der Waals surface area contributed by atoms with Gasteiger partial charge in [0.05, 0.1) is 5.39 Å². The van der Waals surface area contributed by atoms with Crippen molar-refractivity contribution in [1.29, 1.82) is 0 Å². The van der Waals surface area contributed by atoms with Gasteiger partial charge in [0, 0.05) is 26.0 Å². The predicted molar refractivity (Wildman–Crippen MR) is 74.1 cm³/mol. The van der Waals surface area contributed by atoms with Crippen LogP contribution in [0.3, 0.4) is 0 Å². The smallest absolute Gasteiger partial charge is 0.145 e. The molecule has 0 aliphatic heterocycles. The molecule has 1 aliphatic rings. The second kappa shape index (κ2) is 6.32. The van der Waals surface area contributed by atoms with Gasteiger partial charge < -0.3 is 14.8 Å². The molecule has 104 valence electrons. The average molecular weight is 284 g/mol. The van der Waals surface area contributed by atoms with E-state index in [0.29, 0.717) is 17.1 Å². The van der Waals surface area contributed by atoms with Gasteiger partial charge in [0.15, 0.2) is 0 Å². The summed E-state index contributed by atoms with van der Waals surface area (Å²) in [5.74, 6) is 0.426. The van der Waals surface area contributed by atoms with Crippen molar-refractivity contribution >= 4 is 22.6 Å². The first kappa shape index (κ1) is 14.2. The van der Waals surface area contributed by atoms with Gasteiger partial charge in [0.25, 0.3) is 0 Å². The van der Waals surface area contributed by atoms with E-state index in [-0.39, 0.29) is 6.61 Å². The molecule has 1 fully saturated rings. The van der Waals surface area contributed by atoms with E-state index in [4.69, 9.17) is 16.7 Å². The van der Waals surface area contributed by atoms with E-state index in [2.05, 4.69) is 14.5 Å². The van der Waals surface area contributed by atoms with Crippen molar-refractivity contribution in [3.05, 3.63) is 23.7 Å². The first-order chi connectivity index (χ1) is 9.29. The number of hydrogen-bond donors (Lipinski definition) is 2. The Balaban J connectivity index is 0.000000637. The average Bonchev–Trinajstić information content (AvgIpc) is 3.07. The number of halogens is 1. The van der Waals surface area contributed by atoms with E-state index >= 15 is 0 Å². The van der Waals surface area contributed by atoms with Crippen molar-refractivity contribution in [3.8, 4) is 0 Å². The van der Waals surface area contributed by atoms with Gasteiger partial charge in [-0.3, -0.25) is 0 Å². The normalized spacial score (nSPS) is 22.3. The van der Waals surface area contributed by atoms with E-state index in [1.807, 2.05) is 12.3 Å². The summed E-state index contributed by atoms with van der Waals surface area (Å²) in [4.78, 5) is 8.28. The highest BCUT2D eigenvalue weighted by molar-refractivity contribution is 6.33. The van der Waals surface area contributed by atoms with Gasteiger partial charge in [-0.1, -0.05) is 11.6 Å². The Hall–Kier alpha value is -1.17. The summed E-state index contributed by atoms with van der Waals surface area (Å²) in [7, 11) is 1.00. The topological polar surface area (TPSA) is 71.2 Å². The maximum absolute atomic E-state index is 9.18. The second-order valence-corrected chi connectivity index (χ2v) is 5.00. The molecular formula is C13H18ClN3O2. The number of aliphatic hydroxyl groups is 2. The largest absolute Gasteiger partial charge is 0.400 e. The number of aromatic nitrogens is 3. The van der Waals surface area contributed by atoms with Crippen LogP contribution in [0.2, 0.25) is 5.15 Å². The summed E-state index contributed by atoms with van der Waals surface area (Å²) >= 11 is 6.03. The fourth-order valence-corrected chi connectivity index (χ4v) is 2.89. The summed E-state index contributed by atoms with van der Waals surface area (Å²) in [6, 6.07) is 2.39. The molecule has 2 N–H and O–H groups in total. The van der Waals surface area contributed by atoms with Crippen molar-refractivity contribution in [2.45, 2.75) is 25.3 Å². The standard InChI is InChI=1S/C12H14ClN3O.CH4O/c13-11-10-3-4-16(12(10)15-7-14-11)9-2-1-8(5-9)6-17;1-2/h3-4,7-9,17H,1-2,5-6H2;2H,1H3. The summed E-state index contributed by atoms with van der Waals surface area (Å²) in [5.41, 5.74) is 0.897. The third-order valence-corrected chi connectivity index (χ3v) is 3.93. The Morgan fingerprint density at radius 2 is 2.16 bits per heavy atom. The minimum atomic E-state index is 0.283. The lowest BCUT2D eigenvalue weighted by Gasteiger charge is -2.13. The van der Waals surface area contributed by atoms with E-state index in [1.54, 1.807) is 0 Å². The van der Waals surface area contributed by atoms with Gasteiger partial charge in [0.2, 0.25) is 0 Å². The van der Waals surface area contributed by atoms with Crippen LogP contribution in [0.5, 0.6) is 0 Å². The molecule has 0 bridgehead atoms. The zero-order chi connectivity index (χ0) is 13.8. The summed E-state index contributed by atoms with van der Waals surface area (Å²) in [5, 5.41) is 17.6. The quantitative estimate of drug-likeness (QED) is 0.827. The molecule has 2 aromatic heterocycles. The first-order valence-electron chi connectivity index (χ1n) is 6.32. The van der Waals surface area contributed by atoms with Gasteiger partial charge >= 0.3 is 0 Å². The van der Waals surface area contributed by atoms with Gasteiger partial charge in [0.1, 0.15) is 17.1 Å².